The standard InChI is InChI=1S/C25H34N4O4/c1-27(11-4-5-12-29-21(30)17-25(18-22(29)31)9-2-3-10-25)13-14-28-15-16-32-19-7-6-8-20-23(19)24(28)26-33-20/h6-8H,2-5,9-18H2,1H3. The van der Waals surface area contributed by atoms with E-state index in [0.717, 1.165) is 87.2 Å². The third kappa shape index (κ3) is 4.58. The molecular formula is C25H34N4O4. The highest BCUT2D eigenvalue weighted by molar-refractivity contribution is 5.98. The number of rotatable bonds is 8. The van der Waals surface area contributed by atoms with Gasteiger partial charge in [-0.05, 0) is 56.8 Å². The molecule has 3 aliphatic rings. The summed E-state index contributed by atoms with van der Waals surface area (Å²) < 4.78 is 11.4. The number of amides is 2. The minimum Gasteiger partial charge on any atom is -0.491 e. The van der Waals surface area contributed by atoms with Gasteiger partial charge in [0.1, 0.15) is 17.7 Å². The average Bonchev–Trinajstić information content (AvgIpc) is 3.37. The van der Waals surface area contributed by atoms with E-state index in [2.05, 4.69) is 22.0 Å². The number of nitrogens with zero attached hydrogens (tertiary/aromatic N) is 4. The molecule has 1 saturated carbocycles. The Labute approximate surface area is 194 Å². The van der Waals surface area contributed by atoms with Crippen molar-refractivity contribution in [2.45, 2.75) is 51.4 Å². The molecule has 2 fully saturated rings. The van der Waals surface area contributed by atoms with E-state index in [0.29, 0.717) is 26.0 Å². The van der Waals surface area contributed by atoms with Gasteiger partial charge in [-0.15, -0.1) is 0 Å². The van der Waals surface area contributed by atoms with Gasteiger partial charge in [-0.2, -0.15) is 0 Å². The molecule has 0 radical (unpaired) electrons. The Balaban J connectivity index is 1.06. The summed E-state index contributed by atoms with van der Waals surface area (Å²) in [6, 6.07) is 5.80. The van der Waals surface area contributed by atoms with Gasteiger partial charge in [0.25, 0.3) is 0 Å². The molecule has 178 valence electrons. The Hall–Kier alpha value is -2.61. The van der Waals surface area contributed by atoms with Gasteiger partial charge in [-0.1, -0.05) is 24.1 Å². The second kappa shape index (κ2) is 9.33. The van der Waals surface area contributed by atoms with Crippen LogP contribution in [0.1, 0.15) is 51.4 Å². The number of aromatic nitrogens is 1. The van der Waals surface area contributed by atoms with Gasteiger partial charge in [0.2, 0.25) is 11.8 Å². The van der Waals surface area contributed by atoms with E-state index in [9.17, 15) is 9.59 Å². The van der Waals surface area contributed by atoms with Gasteiger partial charge in [0, 0.05) is 32.5 Å². The fraction of sp³-hybridized carbons (Fsp3) is 0.640. The molecule has 0 bridgehead atoms. The quantitative estimate of drug-likeness (QED) is 0.446. The smallest absolute Gasteiger partial charge is 0.229 e. The van der Waals surface area contributed by atoms with Crippen molar-refractivity contribution in [3.05, 3.63) is 18.2 Å². The SMILES string of the molecule is CN(CCCCN1C(=O)CC2(CCCC2)CC1=O)CCN1CCOc2cccc3onc1c23. The number of likely N-dealkylation sites (N-methyl/N-ethyl adjacent to an activating group) is 1. The van der Waals surface area contributed by atoms with Crippen LogP contribution in [0.4, 0.5) is 5.82 Å². The Kier molecular flexibility index (Phi) is 6.27. The lowest BCUT2D eigenvalue weighted by Gasteiger charge is -2.37. The maximum atomic E-state index is 12.6. The number of ether oxygens (including phenoxy) is 1. The fourth-order valence-corrected chi connectivity index (χ4v) is 5.69. The number of carbonyl (C=O) groups is 2. The molecule has 5 rings (SSSR count). The van der Waals surface area contributed by atoms with E-state index in [1.807, 2.05) is 18.2 Å². The molecule has 1 aromatic heterocycles. The van der Waals surface area contributed by atoms with E-state index in [1.165, 1.54) is 4.90 Å². The highest BCUT2D eigenvalue weighted by atomic mass is 16.5. The largest absolute Gasteiger partial charge is 0.491 e. The van der Waals surface area contributed by atoms with Crippen LogP contribution in [0.2, 0.25) is 0 Å². The molecule has 2 aromatic rings. The van der Waals surface area contributed by atoms with Crippen LogP contribution in [0.15, 0.2) is 22.7 Å². The molecule has 1 aliphatic carbocycles. The number of likely N-dealkylation sites (tertiary alicyclic amines) is 1. The second-order valence-corrected chi connectivity index (χ2v) is 9.98. The predicted molar refractivity (Wildman–Crippen MR) is 125 cm³/mol. The van der Waals surface area contributed by atoms with Gasteiger partial charge in [0.05, 0.1) is 6.54 Å². The highest BCUT2D eigenvalue weighted by Crippen LogP contribution is 2.46. The first-order valence-corrected chi connectivity index (χ1v) is 12.3. The third-order valence-electron chi connectivity index (χ3n) is 7.60. The van der Waals surface area contributed by atoms with Gasteiger partial charge in [-0.3, -0.25) is 14.5 Å². The number of piperidine rings is 1. The summed E-state index contributed by atoms with van der Waals surface area (Å²) in [5, 5.41) is 5.25. The van der Waals surface area contributed by atoms with Crippen LogP contribution in [0.5, 0.6) is 5.75 Å². The number of unbranched alkanes of at least 4 members (excludes halogenated alkanes) is 1. The second-order valence-electron chi connectivity index (χ2n) is 9.98. The maximum absolute atomic E-state index is 12.6. The van der Waals surface area contributed by atoms with Crippen LogP contribution in [-0.4, -0.2) is 73.1 Å². The van der Waals surface area contributed by atoms with Crippen LogP contribution in [0.3, 0.4) is 0 Å². The molecule has 8 heteroatoms. The lowest BCUT2D eigenvalue weighted by Crippen LogP contribution is -2.47. The summed E-state index contributed by atoms with van der Waals surface area (Å²) in [6.07, 6.45) is 7.34. The van der Waals surface area contributed by atoms with Crippen molar-refractivity contribution >= 4 is 28.6 Å². The number of hydrogen-bond donors (Lipinski definition) is 0. The topological polar surface area (TPSA) is 79.1 Å². The molecule has 1 spiro atoms. The Morgan fingerprint density at radius 1 is 1.06 bits per heavy atom. The summed E-state index contributed by atoms with van der Waals surface area (Å²) in [5.41, 5.74) is 0.738. The zero-order valence-electron chi connectivity index (χ0n) is 19.6. The Morgan fingerprint density at radius 3 is 2.64 bits per heavy atom. The summed E-state index contributed by atoms with van der Waals surface area (Å²) in [7, 11) is 2.11. The molecule has 0 atom stereocenters. The molecule has 3 heterocycles. The first kappa shape index (κ1) is 22.2. The van der Waals surface area contributed by atoms with Crippen molar-refractivity contribution in [2.24, 2.45) is 5.41 Å². The van der Waals surface area contributed by atoms with E-state index in [4.69, 9.17) is 9.26 Å². The maximum Gasteiger partial charge on any atom is 0.229 e. The van der Waals surface area contributed by atoms with Crippen LogP contribution in [-0.2, 0) is 9.59 Å². The first-order chi connectivity index (χ1) is 16.0. The number of benzene rings is 1. The zero-order valence-corrected chi connectivity index (χ0v) is 19.6. The lowest BCUT2D eigenvalue weighted by molar-refractivity contribution is -0.153. The molecule has 1 saturated heterocycles. The predicted octanol–water partition coefficient (Wildman–Crippen LogP) is 3.45. The average molecular weight is 455 g/mol. The van der Waals surface area contributed by atoms with Crippen molar-refractivity contribution in [2.75, 3.05) is 51.3 Å². The van der Waals surface area contributed by atoms with Crippen LogP contribution in [0, 0.1) is 5.41 Å². The van der Waals surface area contributed by atoms with Gasteiger partial charge in [0.15, 0.2) is 11.4 Å². The summed E-state index contributed by atoms with van der Waals surface area (Å²) in [6.45, 7) is 4.60. The van der Waals surface area contributed by atoms with Crippen molar-refractivity contribution < 1.29 is 18.8 Å². The van der Waals surface area contributed by atoms with Crippen molar-refractivity contribution in [3.8, 4) is 5.75 Å². The van der Waals surface area contributed by atoms with Gasteiger partial charge >= 0.3 is 0 Å². The highest BCUT2D eigenvalue weighted by Gasteiger charge is 2.44. The fourth-order valence-electron chi connectivity index (χ4n) is 5.69. The molecule has 0 N–H and O–H groups in total. The van der Waals surface area contributed by atoms with E-state index >= 15 is 0 Å². The van der Waals surface area contributed by atoms with Crippen molar-refractivity contribution in [1.82, 2.24) is 15.0 Å². The molecule has 2 amide bonds. The monoisotopic (exact) mass is 454 g/mol. The van der Waals surface area contributed by atoms with E-state index in [1.54, 1.807) is 0 Å². The Morgan fingerprint density at radius 2 is 1.85 bits per heavy atom. The summed E-state index contributed by atoms with van der Waals surface area (Å²) >= 11 is 0. The minimum atomic E-state index is -0.0147. The number of imide groups is 1. The molecule has 2 aliphatic heterocycles. The van der Waals surface area contributed by atoms with Gasteiger partial charge < -0.3 is 19.1 Å². The van der Waals surface area contributed by atoms with Crippen molar-refractivity contribution in [3.63, 3.8) is 0 Å². The molecule has 0 unspecified atom stereocenters. The van der Waals surface area contributed by atoms with Crippen LogP contribution < -0.4 is 9.64 Å². The zero-order chi connectivity index (χ0) is 22.8. The normalized spacial score (nSPS) is 20.2. The first-order valence-electron chi connectivity index (χ1n) is 12.3. The molecular weight excluding hydrogens is 420 g/mol. The lowest BCUT2D eigenvalue weighted by atomic mass is 9.76. The number of hydrogen-bond acceptors (Lipinski definition) is 7. The van der Waals surface area contributed by atoms with Crippen molar-refractivity contribution in [1.29, 1.82) is 0 Å². The van der Waals surface area contributed by atoms with E-state index < -0.39 is 0 Å². The third-order valence-corrected chi connectivity index (χ3v) is 7.60. The minimum absolute atomic E-state index is 0.0147. The van der Waals surface area contributed by atoms with E-state index in [-0.39, 0.29) is 17.2 Å². The molecule has 1 aromatic carbocycles. The van der Waals surface area contributed by atoms with Crippen LogP contribution >= 0.6 is 0 Å². The summed E-state index contributed by atoms with van der Waals surface area (Å²) in [5.74, 6) is 1.78. The molecule has 33 heavy (non-hydrogen) atoms. The number of carbonyl (C=O) groups excluding carboxylic acids is 2. The van der Waals surface area contributed by atoms with Gasteiger partial charge in [-0.25, -0.2) is 0 Å². The van der Waals surface area contributed by atoms with Crippen LogP contribution in [0.25, 0.3) is 11.0 Å². The Bertz CT molecular complexity index is 993. The summed E-state index contributed by atoms with van der Waals surface area (Å²) in [4.78, 5) is 31.3. The number of anilines is 1. The molecule has 8 nitrogen and oxygen atoms in total.